The molecule has 1 amide bonds. The maximum atomic E-state index is 13.3. The van der Waals surface area contributed by atoms with Crippen molar-refractivity contribution in [2.75, 3.05) is 27.6 Å². The summed E-state index contributed by atoms with van der Waals surface area (Å²) in [4.78, 5) is 30.5. The van der Waals surface area contributed by atoms with Crippen LogP contribution in [0.4, 0.5) is 0 Å². The number of cyclic esters (lactones) is 1. The van der Waals surface area contributed by atoms with Gasteiger partial charge in [0, 0.05) is 18.0 Å². The number of amides is 1. The number of methoxy groups -OCH3 is 2. The van der Waals surface area contributed by atoms with Gasteiger partial charge >= 0.3 is 5.97 Å². The number of esters is 1. The molecule has 1 aliphatic carbocycles. The van der Waals surface area contributed by atoms with Gasteiger partial charge in [-0.25, -0.2) is 4.98 Å². The van der Waals surface area contributed by atoms with Crippen molar-refractivity contribution >= 4 is 23.5 Å². The average Bonchev–Trinajstić information content (AvgIpc) is 3.54. The molecule has 10 nitrogen and oxygen atoms in total. The fourth-order valence-electron chi connectivity index (χ4n) is 5.58. The summed E-state index contributed by atoms with van der Waals surface area (Å²) in [7, 11) is 2.88. The quantitative estimate of drug-likeness (QED) is 0.370. The summed E-state index contributed by atoms with van der Waals surface area (Å²) in [6.07, 6.45) is 1.40. The molecule has 2 aliphatic heterocycles. The normalized spacial score (nSPS) is 22.8. The zero-order valence-corrected chi connectivity index (χ0v) is 21.2. The van der Waals surface area contributed by atoms with Crippen LogP contribution in [0.5, 0.6) is 28.7 Å². The van der Waals surface area contributed by atoms with Gasteiger partial charge in [-0.3, -0.25) is 9.59 Å². The summed E-state index contributed by atoms with van der Waals surface area (Å²) in [5.74, 6) is -0.964. The summed E-state index contributed by atoms with van der Waals surface area (Å²) in [5.41, 5.74) is 2.52. The number of ether oxygens (including phenoxy) is 5. The van der Waals surface area contributed by atoms with Gasteiger partial charge in [0.2, 0.25) is 12.5 Å². The van der Waals surface area contributed by atoms with E-state index in [4.69, 9.17) is 35.3 Å². The zero-order valence-electron chi connectivity index (χ0n) is 20.4. The Kier molecular flexibility index (Phi) is 5.91. The fourth-order valence-corrected chi connectivity index (χ4v) is 5.69. The second-order valence-electron chi connectivity index (χ2n) is 9.23. The number of benzene rings is 2. The first-order valence-electron chi connectivity index (χ1n) is 11.9. The molecule has 4 atom stereocenters. The van der Waals surface area contributed by atoms with E-state index < -0.39 is 23.8 Å². The largest absolute Gasteiger partial charge is 0.502 e. The second-order valence-corrected chi connectivity index (χ2v) is 9.61. The standard InChI is InChI=1S/C27H23ClN2O8/c1-34-19-5-13(6-20(35-2)25(19)31)22-14-7-17-18(38-11-37-17)8-15(14)24(16-10-36-27(33)23(16)22)30-26(32)12-3-4-21(28)29-9-12/h3-9,16,22-24,31H,10-11H2,1-2H3,(H,30,32)/t16-,22-,23-,24-/m0/s1. The number of carbonyl (C=O) groups excluding carboxylic acids is 2. The van der Waals surface area contributed by atoms with Crippen LogP contribution >= 0.6 is 11.6 Å². The van der Waals surface area contributed by atoms with Crippen LogP contribution in [0, 0.1) is 11.8 Å². The van der Waals surface area contributed by atoms with Crippen molar-refractivity contribution in [2.24, 2.45) is 11.8 Å². The molecule has 2 aromatic carbocycles. The molecule has 6 rings (SSSR count). The highest BCUT2D eigenvalue weighted by Gasteiger charge is 2.53. The minimum Gasteiger partial charge on any atom is -0.502 e. The summed E-state index contributed by atoms with van der Waals surface area (Å²) < 4.78 is 27.6. The Bertz CT molecular complexity index is 1420. The van der Waals surface area contributed by atoms with Gasteiger partial charge < -0.3 is 34.1 Å². The molecular weight excluding hydrogens is 516 g/mol. The summed E-state index contributed by atoms with van der Waals surface area (Å²) in [5, 5.41) is 13.9. The van der Waals surface area contributed by atoms with E-state index >= 15 is 0 Å². The smallest absolute Gasteiger partial charge is 0.310 e. The molecule has 3 heterocycles. The number of rotatable bonds is 5. The molecule has 38 heavy (non-hydrogen) atoms. The van der Waals surface area contributed by atoms with Crippen LogP contribution in [-0.2, 0) is 9.53 Å². The number of nitrogens with zero attached hydrogens (tertiary/aromatic N) is 1. The Labute approximate surface area is 222 Å². The average molecular weight is 539 g/mol. The van der Waals surface area contributed by atoms with Crippen molar-refractivity contribution < 1.29 is 38.4 Å². The lowest BCUT2D eigenvalue weighted by Gasteiger charge is -2.39. The third-order valence-electron chi connectivity index (χ3n) is 7.32. The predicted molar refractivity (Wildman–Crippen MR) is 133 cm³/mol. The molecule has 2 N–H and O–H groups in total. The Morgan fingerprint density at radius 2 is 1.74 bits per heavy atom. The van der Waals surface area contributed by atoms with E-state index in [1.807, 2.05) is 12.1 Å². The van der Waals surface area contributed by atoms with Crippen molar-refractivity contribution in [3.8, 4) is 28.7 Å². The maximum absolute atomic E-state index is 13.3. The molecule has 1 saturated heterocycles. The van der Waals surface area contributed by atoms with E-state index in [1.54, 1.807) is 18.2 Å². The Balaban J connectivity index is 1.51. The van der Waals surface area contributed by atoms with Crippen molar-refractivity contribution in [3.63, 3.8) is 0 Å². The van der Waals surface area contributed by atoms with E-state index in [-0.39, 0.29) is 47.7 Å². The van der Waals surface area contributed by atoms with Crippen LogP contribution in [0.1, 0.15) is 39.0 Å². The van der Waals surface area contributed by atoms with Crippen molar-refractivity contribution in [1.82, 2.24) is 10.3 Å². The maximum Gasteiger partial charge on any atom is 0.310 e. The van der Waals surface area contributed by atoms with E-state index in [9.17, 15) is 14.7 Å². The molecule has 0 unspecified atom stereocenters. The lowest BCUT2D eigenvalue weighted by Crippen LogP contribution is -2.42. The fraction of sp³-hybridized carbons (Fsp3) is 0.296. The van der Waals surface area contributed by atoms with Crippen molar-refractivity contribution in [1.29, 1.82) is 0 Å². The zero-order chi connectivity index (χ0) is 26.6. The monoisotopic (exact) mass is 538 g/mol. The van der Waals surface area contributed by atoms with Gasteiger partial charge in [-0.05, 0) is 53.1 Å². The number of hydrogen-bond acceptors (Lipinski definition) is 9. The Hall–Kier alpha value is -4.18. The number of nitrogens with one attached hydrogen (secondary N) is 1. The Morgan fingerprint density at radius 3 is 2.37 bits per heavy atom. The van der Waals surface area contributed by atoms with E-state index in [0.29, 0.717) is 22.6 Å². The lowest BCUT2D eigenvalue weighted by atomic mass is 9.65. The summed E-state index contributed by atoms with van der Waals surface area (Å²) in [6, 6.07) is 9.57. The molecule has 0 saturated carbocycles. The van der Waals surface area contributed by atoms with Crippen molar-refractivity contribution in [2.45, 2.75) is 12.0 Å². The highest BCUT2D eigenvalue weighted by Crippen LogP contribution is 2.55. The lowest BCUT2D eigenvalue weighted by molar-refractivity contribution is -0.141. The molecule has 0 spiro atoms. The summed E-state index contributed by atoms with van der Waals surface area (Å²) in [6.45, 7) is 0.177. The van der Waals surface area contributed by atoms with E-state index in [0.717, 1.165) is 11.1 Å². The topological polar surface area (TPSA) is 125 Å². The SMILES string of the molecule is COc1cc([C@H]2c3cc4c(cc3[C@H](NC(=O)c3ccc(Cl)nc3)[C@H]3COC(=O)[C@H]23)OCO4)cc(OC)c1O. The number of carbonyl (C=O) groups is 2. The minimum absolute atomic E-state index is 0.0616. The third kappa shape index (κ3) is 3.83. The van der Waals surface area contributed by atoms with Gasteiger partial charge in [-0.1, -0.05) is 11.6 Å². The number of aromatic hydroxyl groups is 1. The third-order valence-corrected chi connectivity index (χ3v) is 7.55. The van der Waals surface area contributed by atoms with Gasteiger partial charge in [0.05, 0.1) is 38.3 Å². The highest BCUT2D eigenvalue weighted by atomic mass is 35.5. The van der Waals surface area contributed by atoms with E-state index in [2.05, 4.69) is 10.3 Å². The molecule has 0 radical (unpaired) electrons. The second kappa shape index (κ2) is 9.29. The van der Waals surface area contributed by atoms with Crippen LogP contribution in [0.3, 0.4) is 0 Å². The van der Waals surface area contributed by atoms with Crippen LogP contribution in [0.2, 0.25) is 5.15 Å². The first kappa shape index (κ1) is 24.2. The molecule has 196 valence electrons. The van der Waals surface area contributed by atoms with Crippen LogP contribution in [-0.4, -0.2) is 49.6 Å². The van der Waals surface area contributed by atoms with Crippen LogP contribution in [0.15, 0.2) is 42.6 Å². The molecule has 11 heteroatoms. The van der Waals surface area contributed by atoms with Crippen molar-refractivity contribution in [3.05, 3.63) is 70.0 Å². The van der Waals surface area contributed by atoms with Crippen LogP contribution < -0.4 is 24.3 Å². The molecule has 1 fully saturated rings. The highest BCUT2D eigenvalue weighted by molar-refractivity contribution is 6.29. The van der Waals surface area contributed by atoms with Gasteiger partial charge in [0.15, 0.2) is 23.0 Å². The number of hydrogen-bond donors (Lipinski definition) is 2. The molecule has 3 aromatic rings. The van der Waals surface area contributed by atoms with Crippen LogP contribution in [0.25, 0.3) is 0 Å². The molecular formula is C27H23ClN2O8. The predicted octanol–water partition coefficient (Wildman–Crippen LogP) is 3.59. The minimum atomic E-state index is -0.643. The molecule has 3 aliphatic rings. The van der Waals surface area contributed by atoms with Gasteiger partial charge in [-0.2, -0.15) is 0 Å². The van der Waals surface area contributed by atoms with Gasteiger partial charge in [0.25, 0.3) is 5.91 Å². The Morgan fingerprint density at radius 1 is 1.05 bits per heavy atom. The first-order valence-corrected chi connectivity index (χ1v) is 12.2. The number of fused-ring (bicyclic) bond motifs is 3. The first-order chi connectivity index (χ1) is 18.4. The number of pyridine rings is 1. The van der Waals surface area contributed by atoms with Gasteiger partial charge in [0.1, 0.15) is 5.15 Å². The number of phenolic OH excluding ortho intramolecular Hbond substituents is 1. The summed E-state index contributed by atoms with van der Waals surface area (Å²) >= 11 is 5.89. The van der Waals surface area contributed by atoms with Gasteiger partial charge in [-0.15, -0.1) is 0 Å². The molecule has 1 aromatic heterocycles. The molecule has 0 bridgehead atoms. The van der Waals surface area contributed by atoms with E-state index in [1.165, 1.54) is 26.5 Å². The number of aromatic nitrogens is 1. The number of phenols is 1. The number of halogens is 1.